The predicted molar refractivity (Wildman–Crippen MR) is 89.0 cm³/mol. The van der Waals surface area contributed by atoms with E-state index < -0.39 is 10.0 Å². The molecule has 1 saturated heterocycles. The summed E-state index contributed by atoms with van der Waals surface area (Å²) in [7, 11) is -1.84. The third-order valence-corrected chi connectivity index (χ3v) is 5.53. The Morgan fingerprint density at radius 2 is 1.65 bits per heavy atom. The van der Waals surface area contributed by atoms with Gasteiger partial charge in [0.1, 0.15) is 0 Å². The van der Waals surface area contributed by atoms with E-state index in [9.17, 15) is 18.0 Å². The van der Waals surface area contributed by atoms with Crippen molar-refractivity contribution in [2.75, 3.05) is 30.7 Å². The van der Waals surface area contributed by atoms with Gasteiger partial charge in [-0.3, -0.25) is 13.9 Å². The van der Waals surface area contributed by atoms with Crippen LogP contribution >= 0.6 is 0 Å². The van der Waals surface area contributed by atoms with Crippen molar-refractivity contribution in [1.29, 1.82) is 0 Å². The first-order chi connectivity index (χ1) is 10.7. The summed E-state index contributed by atoms with van der Waals surface area (Å²) >= 11 is 0. The van der Waals surface area contributed by atoms with E-state index in [4.69, 9.17) is 0 Å². The van der Waals surface area contributed by atoms with Crippen LogP contribution in [-0.2, 0) is 14.8 Å². The molecule has 126 valence electrons. The fourth-order valence-corrected chi connectivity index (χ4v) is 3.22. The average Bonchev–Trinajstić information content (AvgIpc) is 2.53. The molecule has 1 aromatic rings. The number of anilines is 1. The van der Waals surface area contributed by atoms with E-state index in [0.717, 1.165) is 6.26 Å². The Bertz CT molecular complexity index is 689. The maximum absolute atomic E-state index is 12.5. The van der Waals surface area contributed by atoms with Crippen molar-refractivity contribution < 1.29 is 18.0 Å². The third kappa shape index (κ3) is 4.10. The maximum atomic E-state index is 12.5. The number of nitrogens with zero attached hydrogens (tertiary/aromatic N) is 2. The van der Waals surface area contributed by atoms with Crippen molar-refractivity contribution in [3.8, 4) is 0 Å². The molecule has 0 atom stereocenters. The number of benzene rings is 1. The Labute approximate surface area is 137 Å². The van der Waals surface area contributed by atoms with Gasteiger partial charge in [0.25, 0.3) is 0 Å². The highest BCUT2D eigenvalue weighted by Gasteiger charge is 2.26. The zero-order valence-electron chi connectivity index (χ0n) is 13.7. The number of amides is 1. The van der Waals surface area contributed by atoms with Crippen LogP contribution in [0.1, 0.15) is 30.1 Å². The molecule has 0 aromatic heterocycles. The van der Waals surface area contributed by atoms with E-state index >= 15 is 0 Å². The van der Waals surface area contributed by atoms with Crippen LogP contribution in [0.5, 0.6) is 0 Å². The van der Waals surface area contributed by atoms with Crippen molar-refractivity contribution >= 4 is 27.4 Å². The highest BCUT2D eigenvalue weighted by Crippen LogP contribution is 2.23. The van der Waals surface area contributed by atoms with E-state index in [-0.39, 0.29) is 17.6 Å². The van der Waals surface area contributed by atoms with Gasteiger partial charge in [-0.2, -0.15) is 0 Å². The number of likely N-dealkylation sites (tertiary alicyclic amines) is 1. The van der Waals surface area contributed by atoms with Gasteiger partial charge in [0.2, 0.25) is 15.9 Å². The van der Waals surface area contributed by atoms with Gasteiger partial charge in [0.05, 0.1) is 11.9 Å². The molecule has 1 heterocycles. The van der Waals surface area contributed by atoms with Crippen molar-refractivity contribution in [2.45, 2.75) is 19.8 Å². The minimum atomic E-state index is -3.31. The highest BCUT2D eigenvalue weighted by molar-refractivity contribution is 7.92. The first-order valence-corrected chi connectivity index (χ1v) is 9.38. The fourth-order valence-electron chi connectivity index (χ4n) is 2.72. The molecule has 1 aliphatic rings. The number of piperidine rings is 1. The predicted octanol–water partition coefficient (Wildman–Crippen LogP) is 1.52. The molecule has 0 saturated carbocycles. The van der Waals surface area contributed by atoms with Gasteiger partial charge in [-0.15, -0.1) is 0 Å². The topological polar surface area (TPSA) is 74.8 Å². The van der Waals surface area contributed by atoms with Gasteiger partial charge >= 0.3 is 0 Å². The SMILES string of the molecule is CC(=O)N1CCC(C(=O)c2ccc(N(C)S(C)(=O)=O)cc2)CC1. The van der Waals surface area contributed by atoms with Crippen LogP contribution in [0.15, 0.2) is 24.3 Å². The maximum Gasteiger partial charge on any atom is 0.231 e. The van der Waals surface area contributed by atoms with Crippen LogP contribution in [0, 0.1) is 5.92 Å². The molecule has 0 N–H and O–H groups in total. The first kappa shape index (κ1) is 17.5. The fraction of sp³-hybridized carbons (Fsp3) is 0.500. The molecule has 1 aromatic carbocycles. The molecule has 0 bridgehead atoms. The van der Waals surface area contributed by atoms with Gasteiger partial charge in [-0.1, -0.05) is 0 Å². The first-order valence-electron chi connectivity index (χ1n) is 7.54. The molecule has 1 aliphatic heterocycles. The van der Waals surface area contributed by atoms with Gasteiger partial charge in [-0.05, 0) is 37.1 Å². The molecule has 2 rings (SSSR count). The van der Waals surface area contributed by atoms with E-state index in [1.54, 1.807) is 36.1 Å². The quantitative estimate of drug-likeness (QED) is 0.780. The Hall–Kier alpha value is -1.89. The van der Waals surface area contributed by atoms with Crippen molar-refractivity contribution in [2.24, 2.45) is 5.92 Å². The number of carbonyl (C=O) groups is 2. The van der Waals surface area contributed by atoms with Gasteiger partial charge in [-0.25, -0.2) is 8.42 Å². The number of rotatable bonds is 4. The smallest absolute Gasteiger partial charge is 0.231 e. The minimum absolute atomic E-state index is 0.0454. The zero-order chi connectivity index (χ0) is 17.2. The second kappa shape index (κ2) is 6.70. The number of ketones is 1. The summed E-state index contributed by atoms with van der Waals surface area (Å²) in [6.45, 7) is 2.76. The van der Waals surface area contributed by atoms with Crippen molar-refractivity contribution in [3.63, 3.8) is 0 Å². The van der Waals surface area contributed by atoms with E-state index in [0.29, 0.717) is 37.2 Å². The molecular formula is C16H22N2O4S. The average molecular weight is 338 g/mol. The summed E-state index contributed by atoms with van der Waals surface area (Å²) in [4.78, 5) is 25.6. The minimum Gasteiger partial charge on any atom is -0.343 e. The monoisotopic (exact) mass is 338 g/mol. The van der Waals surface area contributed by atoms with Gasteiger partial charge in [0, 0.05) is 38.5 Å². The van der Waals surface area contributed by atoms with Crippen LogP contribution in [0.2, 0.25) is 0 Å². The lowest BCUT2D eigenvalue weighted by Crippen LogP contribution is -2.39. The van der Waals surface area contributed by atoms with Crippen molar-refractivity contribution in [1.82, 2.24) is 4.90 Å². The summed E-state index contributed by atoms with van der Waals surface area (Å²) < 4.78 is 24.2. The number of Topliss-reactive ketones (excluding diaryl/α,β-unsaturated/α-hetero) is 1. The van der Waals surface area contributed by atoms with Crippen LogP contribution in [0.25, 0.3) is 0 Å². The Kier molecular flexibility index (Phi) is 5.09. The van der Waals surface area contributed by atoms with Crippen molar-refractivity contribution in [3.05, 3.63) is 29.8 Å². The summed E-state index contributed by atoms with van der Waals surface area (Å²) in [5.74, 6) is 0.0231. The second-order valence-electron chi connectivity index (χ2n) is 5.92. The molecule has 23 heavy (non-hydrogen) atoms. The highest BCUT2D eigenvalue weighted by atomic mass is 32.2. The lowest BCUT2D eigenvalue weighted by atomic mass is 9.89. The Morgan fingerprint density at radius 1 is 1.13 bits per heavy atom. The molecule has 0 aliphatic carbocycles. The summed E-state index contributed by atoms with van der Waals surface area (Å²) in [5.41, 5.74) is 1.10. The largest absolute Gasteiger partial charge is 0.343 e. The Morgan fingerprint density at radius 3 is 2.09 bits per heavy atom. The number of carbonyl (C=O) groups excluding carboxylic acids is 2. The summed E-state index contributed by atoms with van der Waals surface area (Å²) in [5, 5.41) is 0. The van der Waals surface area contributed by atoms with Crippen LogP contribution in [-0.4, -0.2) is 51.4 Å². The zero-order valence-corrected chi connectivity index (χ0v) is 14.5. The normalized spacial score (nSPS) is 16.2. The molecule has 1 amide bonds. The van der Waals surface area contributed by atoms with E-state index in [1.807, 2.05) is 0 Å². The lowest BCUT2D eigenvalue weighted by Gasteiger charge is -2.30. The third-order valence-electron chi connectivity index (χ3n) is 4.32. The van der Waals surface area contributed by atoms with Crippen LogP contribution < -0.4 is 4.31 Å². The van der Waals surface area contributed by atoms with Crippen LogP contribution in [0.3, 0.4) is 0 Å². The second-order valence-corrected chi connectivity index (χ2v) is 7.94. The molecule has 0 radical (unpaired) electrons. The van der Waals surface area contributed by atoms with Gasteiger partial charge in [0.15, 0.2) is 5.78 Å². The standard InChI is InChI=1S/C16H22N2O4S/c1-12(19)18-10-8-14(9-11-18)16(20)13-4-6-15(7-5-13)17(2)23(3,21)22/h4-7,14H,8-11H2,1-3H3. The molecule has 7 heteroatoms. The number of hydrogen-bond acceptors (Lipinski definition) is 4. The molecular weight excluding hydrogens is 316 g/mol. The summed E-state index contributed by atoms with van der Waals surface area (Å²) in [6, 6.07) is 6.60. The Balaban J connectivity index is 2.05. The molecule has 1 fully saturated rings. The molecule has 0 unspecified atom stereocenters. The van der Waals surface area contributed by atoms with E-state index in [1.165, 1.54) is 11.4 Å². The van der Waals surface area contributed by atoms with Crippen LogP contribution in [0.4, 0.5) is 5.69 Å². The number of hydrogen-bond donors (Lipinski definition) is 0. The molecule has 6 nitrogen and oxygen atoms in total. The lowest BCUT2D eigenvalue weighted by molar-refractivity contribution is -0.130. The summed E-state index contributed by atoms with van der Waals surface area (Å²) in [6.07, 6.45) is 2.47. The van der Waals surface area contributed by atoms with Gasteiger partial charge < -0.3 is 4.90 Å². The number of sulfonamides is 1. The molecule has 0 spiro atoms. The van der Waals surface area contributed by atoms with E-state index in [2.05, 4.69) is 0 Å².